The first-order valence-electron chi connectivity index (χ1n) is 12.1. The molecule has 0 bridgehead atoms. The van der Waals surface area contributed by atoms with Gasteiger partial charge in [0.05, 0.1) is 18.7 Å². The lowest BCUT2D eigenvalue weighted by Gasteiger charge is -2.45. The van der Waals surface area contributed by atoms with Crippen LogP contribution in [-0.2, 0) is 16.3 Å². The maximum absolute atomic E-state index is 13.5. The van der Waals surface area contributed by atoms with Gasteiger partial charge in [0.25, 0.3) is 0 Å². The number of alkyl halides is 3. The number of nitrogens with zero attached hydrogens (tertiary/aromatic N) is 1. The molecule has 3 aromatic rings. The van der Waals surface area contributed by atoms with E-state index in [1.54, 1.807) is 12.1 Å². The summed E-state index contributed by atoms with van der Waals surface area (Å²) in [6.45, 7) is 2.07. The normalized spacial score (nSPS) is 16.5. The van der Waals surface area contributed by atoms with Gasteiger partial charge in [-0.05, 0) is 54.7 Å². The molecule has 4 rings (SSSR count). The first-order chi connectivity index (χ1) is 17.9. The van der Waals surface area contributed by atoms with E-state index in [9.17, 15) is 26.0 Å². The van der Waals surface area contributed by atoms with Crippen LogP contribution in [0.2, 0.25) is 0 Å². The zero-order valence-corrected chi connectivity index (χ0v) is 22.0. The third-order valence-corrected chi connectivity index (χ3v) is 7.79. The quantitative estimate of drug-likeness (QED) is 0.313. The Morgan fingerprint density at radius 1 is 1.00 bits per heavy atom. The maximum atomic E-state index is 13.5. The minimum Gasteiger partial charge on any atom is -0.495 e. The molecule has 0 saturated carbocycles. The Bertz CT molecular complexity index is 1360. The lowest BCUT2D eigenvalue weighted by molar-refractivity contribution is -0.189. The molecule has 1 aliphatic heterocycles. The van der Waals surface area contributed by atoms with E-state index in [0.717, 1.165) is 24.3 Å². The number of rotatable bonds is 9. The van der Waals surface area contributed by atoms with Crippen LogP contribution >= 0.6 is 0 Å². The number of benzene rings is 3. The lowest BCUT2D eigenvalue weighted by Crippen LogP contribution is -2.49. The summed E-state index contributed by atoms with van der Waals surface area (Å²) in [5.74, 6) is -0.244. The Morgan fingerprint density at radius 3 is 2.18 bits per heavy atom. The van der Waals surface area contributed by atoms with Gasteiger partial charge in [-0.3, -0.25) is 4.90 Å². The topological polar surface area (TPSA) is 55.8 Å². The van der Waals surface area contributed by atoms with Crippen molar-refractivity contribution in [2.45, 2.75) is 36.6 Å². The molecule has 10 heteroatoms. The molecule has 3 aromatic carbocycles. The largest absolute Gasteiger partial charge is 0.495 e. The predicted molar refractivity (Wildman–Crippen MR) is 136 cm³/mol. The van der Waals surface area contributed by atoms with E-state index in [1.807, 2.05) is 30.3 Å². The molecule has 2 atom stereocenters. The van der Waals surface area contributed by atoms with Crippen LogP contribution in [0, 0.1) is 11.7 Å². The number of hydrogen-bond acceptors (Lipinski definition) is 5. The van der Waals surface area contributed by atoms with Crippen molar-refractivity contribution >= 4 is 9.84 Å². The van der Waals surface area contributed by atoms with Crippen molar-refractivity contribution in [2.24, 2.45) is 5.92 Å². The van der Waals surface area contributed by atoms with Crippen molar-refractivity contribution in [1.29, 1.82) is 0 Å². The van der Waals surface area contributed by atoms with Crippen molar-refractivity contribution in [1.82, 2.24) is 4.90 Å². The van der Waals surface area contributed by atoms with Crippen molar-refractivity contribution in [3.8, 4) is 11.5 Å². The summed E-state index contributed by atoms with van der Waals surface area (Å²) >= 11 is 0. The Balaban J connectivity index is 1.78. The molecule has 0 radical (unpaired) electrons. The molecule has 0 N–H and O–H groups in total. The predicted octanol–water partition coefficient (Wildman–Crippen LogP) is 5.83. The first kappa shape index (κ1) is 27.9. The minimum absolute atomic E-state index is 0.0461. The molecule has 1 fully saturated rings. The minimum atomic E-state index is -4.63. The second kappa shape index (κ2) is 10.9. The highest BCUT2D eigenvalue weighted by molar-refractivity contribution is 7.90. The smallest absolute Gasteiger partial charge is 0.425 e. The molecule has 1 unspecified atom stereocenters. The van der Waals surface area contributed by atoms with Gasteiger partial charge in [0.1, 0.15) is 22.2 Å². The van der Waals surface area contributed by atoms with E-state index in [-0.39, 0.29) is 33.7 Å². The molecule has 0 aliphatic carbocycles. The Morgan fingerprint density at radius 2 is 1.63 bits per heavy atom. The van der Waals surface area contributed by atoms with Crippen molar-refractivity contribution < 1.29 is 35.5 Å². The van der Waals surface area contributed by atoms with Crippen LogP contribution in [0.1, 0.15) is 29.7 Å². The second-order valence-electron chi connectivity index (χ2n) is 9.55. The fourth-order valence-corrected chi connectivity index (χ4v) is 5.63. The Labute approximate surface area is 219 Å². The van der Waals surface area contributed by atoms with Gasteiger partial charge < -0.3 is 9.47 Å². The number of sulfone groups is 1. The van der Waals surface area contributed by atoms with Crippen molar-refractivity contribution in [3.05, 3.63) is 89.2 Å². The summed E-state index contributed by atoms with van der Waals surface area (Å²) in [4.78, 5) is 1.92. The van der Waals surface area contributed by atoms with E-state index in [1.165, 1.54) is 31.4 Å². The molecule has 0 amide bonds. The van der Waals surface area contributed by atoms with Crippen molar-refractivity contribution in [3.63, 3.8) is 0 Å². The van der Waals surface area contributed by atoms with Crippen LogP contribution in [0.3, 0.4) is 0 Å². The van der Waals surface area contributed by atoms with E-state index < -0.39 is 28.2 Å². The van der Waals surface area contributed by atoms with Crippen LogP contribution in [0.25, 0.3) is 0 Å². The summed E-state index contributed by atoms with van der Waals surface area (Å²) < 4.78 is 89.9. The number of ether oxygens (including phenoxy) is 2. The zero-order chi connectivity index (χ0) is 27.7. The molecule has 38 heavy (non-hydrogen) atoms. The molecule has 1 heterocycles. The standard InChI is InChI=1S/C28H29F4NO4S/c1-18(28(30,31)32)37-23-13-14-24(38(3,34)35)27(36-2)25(23)26(21-7-5-4-6-8-21)33-16-20(17-33)15-19-9-11-22(29)12-10-19/h4-14,18,20,26H,15-17H2,1-3H3/t18-,26?/m1/s1. The van der Waals surface area contributed by atoms with Crippen LogP contribution in [-0.4, -0.2) is 52.1 Å². The van der Waals surface area contributed by atoms with Crippen LogP contribution in [0.4, 0.5) is 17.6 Å². The van der Waals surface area contributed by atoms with Gasteiger partial charge >= 0.3 is 6.18 Å². The first-order valence-corrected chi connectivity index (χ1v) is 14.0. The van der Waals surface area contributed by atoms with E-state index in [2.05, 4.69) is 4.90 Å². The molecular weight excluding hydrogens is 522 g/mol. The summed E-state index contributed by atoms with van der Waals surface area (Å²) in [6.07, 6.45) is -5.03. The monoisotopic (exact) mass is 551 g/mol. The SMILES string of the molecule is COc1c(S(C)(=O)=O)ccc(O[C@H](C)C(F)(F)F)c1C(c1ccccc1)N1CC(Cc2ccc(F)cc2)C1. The van der Waals surface area contributed by atoms with Gasteiger partial charge in [-0.15, -0.1) is 0 Å². The van der Waals surface area contributed by atoms with Gasteiger partial charge in [0, 0.05) is 19.3 Å². The second-order valence-corrected chi connectivity index (χ2v) is 11.5. The molecule has 0 spiro atoms. The third-order valence-electron chi connectivity index (χ3n) is 6.67. The molecule has 204 valence electrons. The van der Waals surface area contributed by atoms with Crippen molar-refractivity contribution in [2.75, 3.05) is 26.5 Å². The summed E-state index contributed by atoms with van der Waals surface area (Å²) in [7, 11) is -2.49. The van der Waals surface area contributed by atoms with Crippen LogP contribution in [0.5, 0.6) is 11.5 Å². The van der Waals surface area contributed by atoms with E-state index >= 15 is 0 Å². The molecule has 1 aliphatic rings. The number of hydrogen-bond donors (Lipinski definition) is 0. The summed E-state index contributed by atoms with van der Waals surface area (Å²) in [5.41, 5.74) is 1.95. The average molecular weight is 552 g/mol. The Kier molecular flexibility index (Phi) is 8.04. The van der Waals surface area contributed by atoms with Crippen LogP contribution in [0.15, 0.2) is 71.6 Å². The summed E-state index contributed by atoms with van der Waals surface area (Å²) in [5, 5.41) is 0. The third kappa shape index (κ3) is 6.13. The van der Waals surface area contributed by atoms with Gasteiger partial charge in [0.15, 0.2) is 15.9 Å². The molecule has 1 saturated heterocycles. The fourth-order valence-electron chi connectivity index (χ4n) is 4.78. The molecular formula is C28H29F4NO4S. The van der Waals surface area contributed by atoms with Gasteiger partial charge in [-0.25, -0.2) is 12.8 Å². The van der Waals surface area contributed by atoms with E-state index in [0.29, 0.717) is 19.5 Å². The van der Waals surface area contributed by atoms with Gasteiger partial charge in [-0.1, -0.05) is 42.5 Å². The van der Waals surface area contributed by atoms with E-state index in [4.69, 9.17) is 9.47 Å². The highest BCUT2D eigenvalue weighted by atomic mass is 32.2. The average Bonchev–Trinajstić information content (AvgIpc) is 2.83. The number of likely N-dealkylation sites (tertiary alicyclic amines) is 1. The maximum Gasteiger partial charge on any atom is 0.425 e. The Hall–Kier alpha value is -3.11. The highest BCUT2D eigenvalue weighted by Gasteiger charge is 2.42. The molecule has 5 nitrogen and oxygen atoms in total. The summed E-state index contributed by atoms with van der Waals surface area (Å²) in [6, 6.07) is 17.2. The van der Waals surface area contributed by atoms with Crippen LogP contribution < -0.4 is 9.47 Å². The fraction of sp³-hybridized carbons (Fsp3) is 0.357. The lowest BCUT2D eigenvalue weighted by atomic mass is 9.86. The van der Waals surface area contributed by atoms with Gasteiger partial charge in [-0.2, -0.15) is 13.2 Å². The number of halogens is 4. The highest BCUT2D eigenvalue weighted by Crippen LogP contribution is 2.47. The van der Waals surface area contributed by atoms with Gasteiger partial charge in [0.2, 0.25) is 0 Å². The molecule has 0 aromatic heterocycles. The zero-order valence-electron chi connectivity index (χ0n) is 21.2. The number of methoxy groups -OCH3 is 1.